The third-order valence-electron chi connectivity index (χ3n) is 4.05. The summed E-state index contributed by atoms with van der Waals surface area (Å²) in [5, 5.41) is 8.37. The summed E-state index contributed by atoms with van der Waals surface area (Å²) in [6.45, 7) is 0.729. The van der Waals surface area contributed by atoms with E-state index >= 15 is 0 Å². The predicted molar refractivity (Wildman–Crippen MR) is 104 cm³/mol. The van der Waals surface area contributed by atoms with Crippen LogP contribution in [0.25, 0.3) is 10.8 Å². The van der Waals surface area contributed by atoms with Crippen LogP contribution in [0, 0.1) is 0 Å². The van der Waals surface area contributed by atoms with Gasteiger partial charge in [0.15, 0.2) is 0 Å². The largest absolute Gasteiger partial charge is 0.352 e. The minimum absolute atomic E-state index is 0.112. The van der Waals surface area contributed by atoms with Gasteiger partial charge in [0, 0.05) is 30.1 Å². The lowest BCUT2D eigenvalue weighted by Gasteiger charge is -2.08. The molecular weight excluding hydrogens is 348 g/mol. The van der Waals surface area contributed by atoms with Crippen LogP contribution in [0.3, 0.4) is 0 Å². The van der Waals surface area contributed by atoms with Crippen LogP contribution in [0.2, 0.25) is 5.02 Å². The minimum Gasteiger partial charge on any atom is -0.352 e. The first kappa shape index (κ1) is 18.0. The molecule has 0 atom stereocenters. The maximum absolute atomic E-state index is 12.2. The molecule has 0 saturated carbocycles. The van der Waals surface area contributed by atoms with E-state index in [0.29, 0.717) is 17.1 Å². The quantitative estimate of drug-likeness (QED) is 0.694. The Morgan fingerprint density at radius 3 is 2.35 bits per heavy atom. The van der Waals surface area contributed by atoms with Gasteiger partial charge >= 0.3 is 0 Å². The van der Waals surface area contributed by atoms with Crippen molar-refractivity contribution in [2.24, 2.45) is 0 Å². The Kier molecular flexibility index (Phi) is 5.87. The zero-order valence-electron chi connectivity index (χ0n) is 14.2. The molecule has 0 heterocycles. The van der Waals surface area contributed by atoms with Crippen molar-refractivity contribution in [1.82, 2.24) is 10.6 Å². The van der Waals surface area contributed by atoms with Gasteiger partial charge in [-0.2, -0.15) is 0 Å². The molecule has 26 heavy (non-hydrogen) atoms. The number of carbonyl (C=O) groups excluding carboxylic acids is 2. The van der Waals surface area contributed by atoms with Crippen LogP contribution in [-0.4, -0.2) is 18.4 Å². The van der Waals surface area contributed by atoms with Crippen LogP contribution in [0.5, 0.6) is 0 Å². The second-order valence-electron chi connectivity index (χ2n) is 5.97. The third-order valence-corrected chi connectivity index (χ3v) is 4.30. The summed E-state index contributed by atoms with van der Waals surface area (Å²) in [5.74, 6) is -0.292. The van der Waals surface area contributed by atoms with Gasteiger partial charge in [0.05, 0.1) is 0 Å². The Labute approximate surface area is 157 Å². The normalized spacial score (nSPS) is 10.5. The fourth-order valence-corrected chi connectivity index (χ4v) is 2.74. The molecule has 0 fully saturated rings. The molecule has 4 nitrogen and oxygen atoms in total. The van der Waals surface area contributed by atoms with E-state index in [1.54, 1.807) is 18.2 Å². The van der Waals surface area contributed by atoms with Gasteiger partial charge in [-0.3, -0.25) is 9.59 Å². The SMILES string of the molecule is O=C(CCNC(=O)c1ccc2ccccc2c1)NCc1ccc(Cl)cc1. The number of hydrogen-bond acceptors (Lipinski definition) is 2. The van der Waals surface area contributed by atoms with Crippen molar-refractivity contribution in [3.8, 4) is 0 Å². The van der Waals surface area contributed by atoms with Crippen molar-refractivity contribution >= 4 is 34.2 Å². The van der Waals surface area contributed by atoms with Crippen LogP contribution in [-0.2, 0) is 11.3 Å². The fourth-order valence-electron chi connectivity index (χ4n) is 2.61. The average Bonchev–Trinajstić information content (AvgIpc) is 2.67. The Balaban J connectivity index is 1.45. The van der Waals surface area contributed by atoms with Gasteiger partial charge in [0.25, 0.3) is 5.91 Å². The molecule has 0 aliphatic carbocycles. The van der Waals surface area contributed by atoms with E-state index < -0.39 is 0 Å². The summed E-state index contributed by atoms with van der Waals surface area (Å²) in [7, 11) is 0. The first-order chi connectivity index (χ1) is 12.6. The molecule has 5 heteroatoms. The van der Waals surface area contributed by atoms with Crippen LogP contribution in [0.4, 0.5) is 0 Å². The van der Waals surface area contributed by atoms with E-state index in [9.17, 15) is 9.59 Å². The number of halogens is 1. The number of hydrogen-bond donors (Lipinski definition) is 2. The topological polar surface area (TPSA) is 58.2 Å². The Morgan fingerprint density at radius 2 is 1.58 bits per heavy atom. The molecule has 132 valence electrons. The smallest absolute Gasteiger partial charge is 0.251 e. The molecule has 0 spiro atoms. The van der Waals surface area contributed by atoms with E-state index in [1.807, 2.05) is 48.5 Å². The standard InChI is InChI=1S/C21H19ClN2O2/c22-19-9-5-15(6-10-19)14-24-20(25)11-12-23-21(26)18-8-7-16-3-1-2-4-17(16)13-18/h1-10,13H,11-12,14H2,(H,23,26)(H,24,25). The summed E-state index contributed by atoms with van der Waals surface area (Å²) in [4.78, 5) is 24.1. The maximum Gasteiger partial charge on any atom is 0.251 e. The molecule has 0 aliphatic heterocycles. The zero-order chi connectivity index (χ0) is 18.4. The van der Waals surface area contributed by atoms with Crippen molar-refractivity contribution < 1.29 is 9.59 Å². The van der Waals surface area contributed by atoms with Gasteiger partial charge in [-0.25, -0.2) is 0 Å². The molecule has 3 aromatic rings. The lowest BCUT2D eigenvalue weighted by Crippen LogP contribution is -2.30. The van der Waals surface area contributed by atoms with Gasteiger partial charge in [0.2, 0.25) is 5.91 Å². The Hall–Kier alpha value is -2.85. The minimum atomic E-state index is -0.179. The maximum atomic E-state index is 12.2. The molecular formula is C21H19ClN2O2. The lowest BCUT2D eigenvalue weighted by atomic mass is 10.1. The van der Waals surface area contributed by atoms with Gasteiger partial charge in [-0.15, -0.1) is 0 Å². The number of carbonyl (C=O) groups is 2. The molecule has 0 aromatic heterocycles. The molecule has 0 saturated heterocycles. The van der Waals surface area contributed by atoms with Crippen molar-refractivity contribution in [1.29, 1.82) is 0 Å². The van der Waals surface area contributed by atoms with Crippen molar-refractivity contribution in [3.05, 3.63) is 82.9 Å². The molecule has 0 bridgehead atoms. The highest BCUT2D eigenvalue weighted by molar-refractivity contribution is 6.30. The summed E-state index contributed by atoms with van der Waals surface area (Å²) < 4.78 is 0. The Bertz CT molecular complexity index is 923. The van der Waals surface area contributed by atoms with E-state index in [-0.39, 0.29) is 24.8 Å². The van der Waals surface area contributed by atoms with E-state index in [4.69, 9.17) is 11.6 Å². The number of rotatable bonds is 6. The van der Waals surface area contributed by atoms with E-state index in [2.05, 4.69) is 10.6 Å². The van der Waals surface area contributed by atoms with Gasteiger partial charge in [-0.05, 0) is 40.6 Å². The highest BCUT2D eigenvalue weighted by atomic mass is 35.5. The molecule has 3 rings (SSSR count). The Morgan fingerprint density at radius 1 is 0.846 bits per heavy atom. The molecule has 0 unspecified atom stereocenters. The summed E-state index contributed by atoms with van der Waals surface area (Å²) in [6.07, 6.45) is 0.229. The molecule has 2 amide bonds. The summed E-state index contributed by atoms with van der Waals surface area (Å²) >= 11 is 5.83. The van der Waals surface area contributed by atoms with Crippen molar-refractivity contribution in [2.45, 2.75) is 13.0 Å². The number of amides is 2. The molecule has 0 aliphatic rings. The average molecular weight is 367 g/mol. The lowest BCUT2D eigenvalue weighted by molar-refractivity contribution is -0.121. The number of benzene rings is 3. The van der Waals surface area contributed by atoms with E-state index in [1.165, 1.54) is 0 Å². The second-order valence-corrected chi connectivity index (χ2v) is 6.41. The van der Waals surface area contributed by atoms with Gasteiger partial charge in [0.1, 0.15) is 0 Å². The van der Waals surface area contributed by atoms with E-state index in [0.717, 1.165) is 16.3 Å². The van der Waals surface area contributed by atoms with Gasteiger partial charge < -0.3 is 10.6 Å². The molecule has 2 N–H and O–H groups in total. The monoisotopic (exact) mass is 366 g/mol. The summed E-state index contributed by atoms with van der Waals surface area (Å²) in [5.41, 5.74) is 1.56. The first-order valence-corrected chi connectivity index (χ1v) is 8.78. The van der Waals surface area contributed by atoms with Crippen molar-refractivity contribution in [2.75, 3.05) is 6.54 Å². The van der Waals surface area contributed by atoms with Crippen molar-refractivity contribution in [3.63, 3.8) is 0 Å². The number of nitrogens with one attached hydrogen (secondary N) is 2. The van der Waals surface area contributed by atoms with Crippen LogP contribution in [0.15, 0.2) is 66.7 Å². The first-order valence-electron chi connectivity index (χ1n) is 8.40. The molecule has 0 radical (unpaired) electrons. The summed E-state index contributed by atoms with van der Waals surface area (Å²) in [6, 6.07) is 20.7. The van der Waals surface area contributed by atoms with Crippen LogP contribution < -0.4 is 10.6 Å². The molecule has 3 aromatic carbocycles. The highest BCUT2D eigenvalue weighted by Crippen LogP contribution is 2.15. The highest BCUT2D eigenvalue weighted by Gasteiger charge is 2.07. The third kappa shape index (κ3) is 4.83. The zero-order valence-corrected chi connectivity index (χ0v) is 14.9. The van der Waals surface area contributed by atoms with Crippen LogP contribution in [0.1, 0.15) is 22.3 Å². The second kappa shape index (κ2) is 8.50. The van der Waals surface area contributed by atoms with Gasteiger partial charge in [-0.1, -0.05) is 54.1 Å². The predicted octanol–water partition coefficient (Wildman–Crippen LogP) is 3.93. The fraction of sp³-hybridized carbons (Fsp3) is 0.143. The number of fused-ring (bicyclic) bond motifs is 1. The van der Waals surface area contributed by atoms with Crippen LogP contribution >= 0.6 is 11.6 Å².